The number of hydrogen-bond acceptors (Lipinski definition) is 4. The van der Waals surface area contributed by atoms with Gasteiger partial charge in [-0.1, -0.05) is 27.2 Å². The van der Waals surface area contributed by atoms with Gasteiger partial charge in [0.1, 0.15) is 5.01 Å². The van der Waals surface area contributed by atoms with E-state index in [-0.39, 0.29) is 5.41 Å². The molecule has 0 aromatic carbocycles. The van der Waals surface area contributed by atoms with Gasteiger partial charge in [0.25, 0.3) is 0 Å². The van der Waals surface area contributed by atoms with E-state index in [0.29, 0.717) is 6.54 Å². The molecule has 1 saturated heterocycles. The molecule has 1 fully saturated rings. The molecule has 6 heteroatoms. The summed E-state index contributed by atoms with van der Waals surface area (Å²) in [5.74, 6) is 0.891. The van der Waals surface area contributed by atoms with E-state index in [4.69, 9.17) is 4.98 Å². The van der Waals surface area contributed by atoms with Crippen LogP contribution >= 0.6 is 11.3 Å². The van der Waals surface area contributed by atoms with E-state index < -0.39 is 0 Å². The van der Waals surface area contributed by atoms with Gasteiger partial charge >= 0.3 is 0 Å². The first-order valence-corrected chi connectivity index (χ1v) is 10.1. The lowest BCUT2D eigenvalue weighted by Crippen LogP contribution is -2.42. The van der Waals surface area contributed by atoms with Crippen LogP contribution in [-0.2, 0) is 12.0 Å². The summed E-state index contributed by atoms with van der Waals surface area (Å²) >= 11 is 1.70. The van der Waals surface area contributed by atoms with E-state index in [1.165, 1.54) is 32.4 Å². The summed E-state index contributed by atoms with van der Waals surface area (Å²) in [4.78, 5) is 11.9. The van der Waals surface area contributed by atoms with Crippen molar-refractivity contribution in [3.8, 4) is 0 Å². The maximum atomic E-state index is 4.71. The molecule has 5 nitrogen and oxygen atoms in total. The van der Waals surface area contributed by atoms with Crippen LogP contribution in [0.15, 0.2) is 10.4 Å². The molecule has 0 atom stereocenters. The number of rotatable bonds is 6. The average molecular weight is 352 g/mol. The van der Waals surface area contributed by atoms with E-state index >= 15 is 0 Å². The minimum Gasteiger partial charge on any atom is -0.357 e. The van der Waals surface area contributed by atoms with Crippen molar-refractivity contribution in [1.29, 1.82) is 0 Å². The maximum absolute atomic E-state index is 4.71. The fraction of sp³-hybridized carbons (Fsp3) is 0.778. The predicted molar refractivity (Wildman–Crippen MR) is 104 cm³/mol. The van der Waals surface area contributed by atoms with Gasteiger partial charge in [0.15, 0.2) is 5.96 Å². The highest BCUT2D eigenvalue weighted by Crippen LogP contribution is 2.24. The zero-order valence-corrected chi connectivity index (χ0v) is 16.5. The summed E-state index contributed by atoms with van der Waals surface area (Å²) in [6, 6.07) is 0. The third-order valence-corrected chi connectivity index (χ3v) is 5.04. The monoisotopic (exact) mass is 351 g/mol. The Bertz CT molecular complexity index is 512. The quantitative estimate of drug-likeness (QED) is 0.611. The summed E-state index contributed by atoms with van der Waals surface area (Å²) in [7, 11) is 0. The average Bonchev–Trinajstić information content (AvgIpc) is 3.03. The molecule has 0 aliphatic carbocycles. The second kappa shape index (κ2) is 9.37. The molecule has 0 spiro atoms. The smallest absolute Gasteiger partial charge is 0.191 e. The molecule has 0 bridgehead atoms. The van der Waals surface area contributed by atoms with Crippen LogP contribution in [0.1, 0.15) is 57.7 Å². The Morgan fingerprint density at radius 2 is 2.00 bits per heavy atom. The molecule has 0 radical (unpaired) electrons. The van der Waals surface area contributed by atoms with E-state index in [1.807, 2.05) is 0 Å². The number of thiazole rings is 1. The molecule has 0 saturated carbocycles. The summed E-state index contributed by atoms with van der Waals surface area (Å²) < 4.78 is 0. The van der Waals surface area contributed by atoms with E-state index in [1.54, 1.807) is 11.3 Å². The lowest BCUT2D eigenvalue weighted by Gasteiger charge is -2.26. The highest BCUT2D eigenvalue weighted by molar-refractivity contribution is 7.09. The van der Waals surface area contributed by atoms with Crippen molar-refractivity contribution in [2.75, 3.05) is 32.7 Å². The second-order valence-corrected chi connectivity index (χ2v) is 8.34. The van der Waals surface area contributed by atoms with Gasteiger partial charge in [-0.2, -0.15) is 0 Å². The number of aromatic nitrogens is 1. The van der Waals surface area contributed by atoms with Gasteiger partial charge in [0, 0.05) is 30.4 Å². The summed E-state index contributed by atoms with van der Waals surface area (Å²) in [6.45, 7) is 14.7. The van der Waals surface area contributed by atoms with Crippen LogP contribution in [0.2, 0.25) is 0 Å². The molecular formula is C18H33N5S. The Morgan fingerprint density at radius 1 is 1.25 bits per heavy atom. The molecule has 0 unspecified atom stereocenters. The van der Waals surface area contributed by atoms with Crippen molar-refractivity contribution < 1.29 is 0 Å². The minimum atomic E-state index is 0.107. The molecular weight excluding hydrogens is 318 g/mol. The molecule has 1 aliphatic heterocycles. The standard InChI is InChI=1S/C18H33N5S/c1-5-19-17(20-9-12-23-10-7-6-8-11-23)21-13-16-22-15(14-24-16)18(2,3)4/h14H,5-13H2,1-4H3,(H2,19,20,21). The van der Waals surface area contributed by atoms with Gasteiger partial charge in [-0.25, -0.2) is 9.98 Å². The van der Waals surface area contributed by atoms with Gasteiger partial charge < -0.3 is 15.5 Å². The lowest BCUT2D eigenvalue weighted by atomic mass is 9.93. The van der Waals surface area contributed by atoms with Crippen LogP contribution in [-0.4, -0.2) is 48.6 Å². The Kier molecular flexibility index (Phi) is 7.49. The summed E-state index contributed by atoms with van der Waals surface area (Å²) in [6.07, 6.45) is 4.07. The van der Waals surface area contributed by atoms with Gasteiger partial charge in [0.2, 0.25) is 0 Å². The van der Waals surface area contributed by atoms with Gasteiger partial charge in [-0.15, -0.1) is 11.3 Å². The Labute approximate surface area is 151 Å². The second-order valence-electron chi connectivity index (χ2n) is 7.40. The number of guanidine groups is 1. The molecule has 2 N–H and O–H groups in total. The normalized spacial score (nSPS) is 17.1. The van der Waals surface area contributed by atoms with Crippen LogP contribution in [0, 0.1) is 0 Å². The van der Waals surface area contributed by atoms with E-state index in [2.05, 4.69) is 53.6 Å². The minimum absolute atomic E-state index is 0.107. The van der Waals surface area contributed by atoms with Crippen molar-refractivity contribution in [2.45, 2.75) is 58.9 Å². The summed E-state index contributed by atoms with van der Waals surface area (Å²) in [5, 5.41) is 10.0. The van der Waals surface area contributed by atoms with Gasteiger partial charge in [0.05, 0.1) is 12.2 Å². The number of piperidine rings is 1. The van der Waals surface area contributed by atoms with Crippen molar-refractivity contribution in [1.82, 2.24) is 20.5 Å². The predicted octanol–water partition coefficient (Wildman–Crippen LogP) is 2.98. The maximum Gasteiger partial charge on any atom is 0.191 e. The van der Waals surface area contributed by atoms with Crippen LogP contribution in [0.5, 0.6) is 0 Å². The molecule has 0 amide bonds. The molecule has 1 aliphatic rings. The number of nitrogens with one attached hydrogen (secondary N) is 2. The molecule has 2 heterocycles. The molecule has 1 aromatic rings. The van der Waals surface area contributed by atoms with Crippen LogP contribution in [0.3, 0.4) is 0 Å². The Hall–Kier alpha value is -1.14. The number of likely N-dealkylation sites (tertiary alicyclic amines) is 1. The summed E-state index contributed by atoms with van der Waals surface area (Å²) in [5.41, 5.74) is 1.26. The SMILES string of the molecule is CCNC(=NCc1nc(C(C)(C)C)cs1)NCCN1CCCCC1. The van der Waals surface area contributed by atoms with Crippen LogP contribution in [0.4, 0.5) is 0 Å². The highest BCUT2D eigenvalue weighted by Gasteiger charge is 2.17. The Balaban J connectivity index is 1.82. The lowest BCUT2D eigenvalue weighted by molar-refractivity contribution is 0.232. The fourth-order valence-corrected chi connectivity index (χ4v) is 3.68. The molecule has 2 rings (SSSR count). The number of aliphatic imine (C=N–C) groups is 1. The topological polar surface area (TPSA) is 52.6 Å². The first-order valence-electron chi connectivity index (χ1n) is 9.18. The first-order chi connectivity index (χ1) is 11.5. The number of hydrogen-bond donors (Lipinski definition) is 2. The van der Waals surface area contributed by atoms with E-state index in [9.17, 15) is 0 Å². The van der Waals surface area contributed by atoms with Gasteiger partial charge in [-0.05, 0) is 32.9 Å². The Morgan fingerprint density at radius 3 is 2.62 bits per heavy atom. The largest absolute Gasteiger partial charge is 0.357 e. The van der Waals surface area contributed by atoms with Crippen molar-refractivity contribution >= 4 is 17.3 Å². The zero-order valence-electron chi connectivity index (χ0n) is 15.7. The van der Waals surface area contributed by atoms with E-state index in [0.717, 1.165) is 36.3 Å². The molecule has 24 heavy (non-hydrogen) atoms. The zero-order chi connectivity index (χ0) is 17.4. The fourth-order valence-electron chi connectivity index (χ4n) is 2.73. The highest BCUT2D eigenvalue weighted by atomic mass is 32.1. The molecule has 136 valence electrons. The first kappa shape index (κ1) is 19.2. The van der Waals surface area contributed by atoms with Crippen molar-refractivity contribution in [3.63, 3.8) is 0 Å². The van der Waals surface area contributed by atoms with Crippen molar-refractivity contribution in [2.24, 2.45) is 4.99 Å². The van der Waals surface area contributed by atoms with Crippen LogP contribution < -0.4 is 10.6 Å². The van der Waals surface area contributed by atoms with Crippen LogP contribution in [0.25, 0.3) is 0 Å². The third kappa shape index (κ3) is 6.40. The molecule has 1 aromatic heterocycles. The van der Waals surface area contributed by atoms with Crippen molar-refractivity contribution in [3.05, 3.63) is 16.1 Å². The number of nitrogens with zero attached hydrogens (tertiary/aromatic N) is 3. The van der Waals surface area contributed by atoms with Gasteiger partial charge in [-0.3, -0.25) is 0 Å². The third-order valence-electron chi connectivity index (χ3n) is 4.21.